The van der Waals surface area contributed by atoms with Gasteiger partial charge in [0, 0.05) is 24.0 Å². The Kier molecular flexibility index (Phi) is 8.71. The normalized spacial score (nSPS) is 15.3. The summed E-state index contributed by atoms with van der Waals surface area (Å²) in [7, 11) is 2.05. The number of aromatic nitrogens is 2. The molecule has 9 heteroatoms. The number of carbonyl (C=O) groups is 1. The van der Waals surface area contributed by atoms with Crippen LogP contribution in [0.5, 0.6) is 0 Å². The predicted octanol–water partition coefficient (Wildman–Crippen LogP) is 5.87. The minimum Gasteiger partial charge on any atom is -0.414 e. The molecule has 0 unspecified atom stereocenters. The predicted molar refractivity (Wildman–Crippen MR) is 160 cm³/mol. The lowest BCUT2D eigenvalue weighted by atomic mass is 10.0. The van der Waals surface area contributed by atoms with Crippen molar-refractivity contribution in [2.75, 3.05) is 39.1 Å². The van der Waals surface area contributed by atoms with Gasteiger partial charge in [-0.05, 0) is 49.8 Å². The van der Waals surface area contributed by atoms with Crippen LogP contribution in [-0.2, 0) is 22.2 Å². The Morgan fingerprint density at radius 1 is 1.24 bits per heavy atom. The fourth-order valence-electron chi connectivity index (χ4n) is 4.27. The second-order valence-corrected chi connectivity index (χ2v) is 17.7. The van der Waals surface area contributed by atoms with Crippen LogP contribution in [0.2, 0.25) is 18.1 Å². The van der Waals surface area contributed by atoms with E-state index < -0.39 is 8.32 Å². The van der Waals surface area contributed by atoms with Crippen molar-refractivity contribution in [3.63, 3.8) is 0 Å². The van der Waals surface area contributed by atoms with Crippen LogP contribution in [0.25, 0.3) is 10.2 Å². The maximum atomic E-state index is 12.8. The smallest absolute Gasteiger partial charge is 0.246 e. The number of benzene rings is 1. The van der Waals surface area contributed by atoms with Gasteiger partial charge in [-0.25, -0.2) is 9.97 Å². The number of anilines is 1. The summed E-state index contributed by atoms with van der Waals surface area (Å²) >= 11 is 1.67. The Morgan fingerprint density at radius 2 is 1.97 bits per heavy atom. The number of nitrogens with zero attached hydrogens (tertiary/aromatic N) is 4. The summed E-state index contributed by atoms with van der Waals surface area (Å²) in [6.45, 7) is 14.0. The van der Waals surface area contributed by atoms with Gasteiger partial charge < -0.3 is 19.5 Å². The van der Waals surface area contributed by atoms with Crippen LogP contribution >= 0.6 is 11.3 Å². The molecule has 0 saturated heterocycles. The van der Waals surface area contributed by atoms with Gasteiger partial charge in [-0.2, -0.15) is 0 Å². The van der Waals surface area contributed by atoms with E-state index >= 15 is 0 Å². The van der Waals surface area contributed by atoms with E-state index in [0.717, 1.165) is 29.0 Å². The fourth-order valence-corrected chi connectivity index (χ4v) is 6.49. The Balaban J connectivity index is 1.59. The molecule has 1 amide bonds. The topological polar surface area (TPSA) is 70.6 Å². The van der Waals surface area contributed by atoms with E-state index in [1.807, 2.05) is 36.0 Å². The maximum Gasteiger partial charge on any atom is 0.246 e. The maximum absolute atomic E-state index is 12.8. The molecule has 1 aliphatic rings. The van der Waals surface area contributed by atoms with Crippen molar-refractivity contribution in [3.05, 3.63) is 64.8 Å². The molecule has 3 aromatic rings. The SMILES string of the molecule is CN(C)C/C=C/C(=O)N1CCc2c(sc3ncnc(N[C@H](CO[Si](C)(C)C(C)(C)C)c4ccccc4)c23)C1. The molecule has 0 bridgehead atoms. The van der Waals surface area contributed by atoms with Crippen molar-refractivity contribution in [3.8, 4) is 0 Å². The number of nitrogens with one attached hydrogen (secondary N) is 1. The van der Waals surface area contributed by atoms with Gasteiger partial charge >= 0.3 is 0 Å². The standard InChI is InChI=1S/C29H41N5O2SSi/c1-29(2,3)38(6,7)36-19-23(21-12-9-8-10-13-21)32-27-26-22-15-17-34(25(35)14-11-16-33(4)5)18-24(22)37-28(26)31-20-30-27/h8-14,20,23H,15-19H2,1-7H3,(H,30,31,32)/b14-11+/t23-/m1/s1. The van der Waals surface area contributed by atoms with Crippen molar-refractivity contribution in [2.24, 2.45) is 0 Å². The van der Waals surface area contributed by atoms with Gasteiger partial charge in [0.25, 0.3) is 0 Å². The Hall–Kier alpha value is -2.59. The lowest BCUT2D eigenvalue weighted by Gasteiger charge is -2.37. The van der Waals surface area contributed by atoms with Gasteiger partial charge in [-0.15, -0.1) is 11.3 Å². The van der Waals surface area contributed by atoms with E-state index in [1.165, 1.54) is 16.0 Å². The number of fused-ring (bicyclic) bond motifs is 3. The minimum absolute atomic E-state index is 0.0394. The van der Waals surface area contributed by atoms with E-state index in [1.54, 1.807) is 23.7 Å². The second kappa shape index (κ2) is 11.7. The summed E-state index contributed by atoms with van der Waals surface area (Å²) in [5, 5.41) is 4.94. The van der Waals surface area contributed by atoms with Crippen LogP contribution in [0.15, 0.2) is 48.8 Å². The summed E-state index contributed by atoms with van der Waals surface area (Å²) in [5.41, 5.74) is 2.43. The molecule has 4 rings (SSSR count). The monoisotopic (exact) mass is 551 g/mol. The summed E-state index contributed by atoms with van der Waals surface area (Å²) in [5.74, 6) is 0.900. The molecular formula is C29H41N5O2SSi. The molecule has 0 radical (unpaired) electrons. The third-order valence-corrected chi connectivity index (χ3v) is 13.2. The summed E-state index contributed by atoms with van der Waals surface area (Å²) in [6, 6.07) is 10.4. The molecule has 0 saturated carbocycles. The Labute approximate surface area is 232 Å². The van der Waals surface area contributed by atoms with Crippen molar-refractivity contribution < 1.29 is 9.22 Å². The first-order chi connectivity index (χ1) is 18.0. The van der Waals surface area contributed by atoms with E-state index in [4.69, 9.17) is 9.41 Å². The van der Waals surface area contributed by atoms with E-state index in [9.17, 15) is 4.79 Å². The Bertz CT molecular complexity index is 1280. The van der Waals surface area contributed by atoms with Gasteiger partial charge in [-0.3, -0.25) is 4.79 Å². The van der Waals surface area contributed by atoms with Crippen LogP contribution < -0.4 is 5.32 Å². The summed E-state index contributed by atoms with van der Waals surface area (Å²) in [6.07, 6.45) is 6.04. The number of rotatable bonds is 9. The lowest BCUT2D eigenvalue weighted by molar-refractivity contribution is -0.126. The van der Waals surface area contributed by atoms with E-state index in [-0.39, 0.29) is 17.0 Å². The number of thiophene rings is 1. The largest absolute Gasteiger partial charge is 0.414 e. The van der Waals surface area contributed by atoms with Crippen molar-refractivity contribution in [1.82, 2.24) is 19.8 Å². The zero-order valence-corrected chi connectivity index (χ0v) is 25.6. The average molecular weight is 552 g/mol. The molecule has 1 aromatic carbocycles. The first-order valence-corrected chi connectivity index (χ1v) is 17.0. The van der Waals surface area contributed by atoms with E-state index in [0.29, 0.717) is 19.7 Å². The van der Waals surface area contributed by atoms with Gasteiger partial charge in [0.1, 0.15) is 17.0 Å². The minimum atomic E-state index is -1.93. The molecule has 38 heavy (non-hydrogen) atoms. The molecule has 204 valence electrons. The van der Waals surface area contributed by atoms with Gasteiger partial charge in [0.15, 0.2) is 8.32 Å². The molecule has 1 aliphatic heterocycles. The second-order valence-electron chi connectivity index (χ2n) is 11.8. The molecular weight excluding hydrogens is 511 g/mol. The van der Waals surface area contributed by atoms with Crippen LogP contribution in [0.3, 0.4) is 0 Å². The molecule has 1 atom stereocenters. The molecule has 7 nitrogen and oxygen atoms in total. The highest BCUT2D eigenvalue weighted by atomic mass is 32.1. The van der Waals surface area contributed by atoms with Crippen molar-refractivity contribution in [1.29, 1.82) is 0 Å². The highest BCUT2D eigenvalue weighted by Crippen LogP contribution is 2.40. The van der Waals surface area contributed by atoms with E-state index in [2.05, 4.69) is 68.4 Å². The number of carbonyl (C=O) groups excluding carboxylic acids is 1. The number of hydrogen-bond donors (Lipinski definition) is 1. The molecule has 1 N–H and O–H groups in total. The van der Waals surface area contributed by atoms with Crippen LogP contribution in [0.1, 0.15) is 42.8 Å². The Morgan fingerprint density at radius 3 is 2.66 bits per heavy atom. The highest BCUT2D eigenvalue weighted by molar-refractivity contribution is 7.19. The zero-order chi connectivity index (χ0) is 27.5. The lowest BCUT2D eigenvalue weighted by Crippen LogP contribution is -2.42. The first-order valence-electron chi connectivity index (χ1n) is 13.3. The molecule has 0 spiro atoms. The van der Waals surface area contributed by atoms with Crippen molar-refractivity contribution in [2.45, 2.75) is 57.9 Å². The van der Waals surface area contributed by atoms with Gasteiger partial charge in [0.05, 0.1) is 24.6 Å². The fraction of sp³-hybridized carbons (Fsp3) is 0.483. The summed E-state index contributed by atoms with van der Waals surface area (Å²) in [4.78, 5) is 28.2. The molecule has 0 fully saturated rings. The van der Waals surface area contributed by atoms with Crippen LogP contribution in [0.4, 0.5) is 5.82 Å². The average Bonchev–Trinajstić information content (AvgIpc) is 3.24. The number of likely N-dealkylation sites (N-methyl/N-ethyl adjacent to an activating group) is 1. The third-order valence-electron chi connectivity index (χ3n) is 7.61. The van der Waals surface area contributed by atoms with Gasteiger partial charge in [0.2, 0.25) is 5.91 Å². The number of hydrogen-bond acceptors (Lipinski definition) is 7. The first kappa shape index (κ1) is 28.4. The van der Waals surface area contributed by atoms with Crippen molar-refractivity contribution >= 4 is 41.6 Å². The zero-order valence-electron chi connectivity index (χ0n) is 23.7. The molecule has 3 heterocycles. The number of amides is 1. The third kappa shape index (κ3) is 6.51. The van der Waals surface area contributed by atoms with Crippen LogP contribution in [-0.4, -0.2) is 67.8 Å². The van der Waals surface area contributed by atoms with Crippen LogP contribution in [0, 0.1) is 0 Å². The highest BCUT2D eigenvalue weighted by Gasteiger charge is 2.38. The van der Waals surface area contributed by atoms with Gasteiger partial charge in [-0.1, -0.05) is 57.2 Å². The molecule has 0 aliphatic carbocycles. The quantitative estimate of drug-likeness (QED) is 0.265. The molecule has 2 aromatic heterocycles. The summed E-state index contributed by atoms with van der Waals surface area (Å²) < 4.78 is 6.66.